The summed E-state index contributed by atoms with van der Waals surface area (Å²) in [6.45, 7) is 3.60. The summed E-state index contributed by atoms with van der Waals surface area (Å²) in [7, 11) is 0. The van der Waals surface area contributed by atoms with Gasteiger partial charge in [0.1, 0.15) is 0 Å². The van der Waals surface area contributed by atoms with Crippen LogP contribution in [0, 0.1) is 6.92 Å². The Hall–Kier alpha value is -1.26. The Labute approximate surface area is 96.4 Å². The number of nitrogen functional groups attached to an aromatic ring is 1. The molecule has 88 valence electrons. The highest BCUT2D eigenvalue weighted by atomic mass is 15.2. The van der Waals surface area contributed by atoms with Gasteiger partial charge >= 0.3 is 0 Å². The molecule has 0 aliphatic carbocycles. The van der Waals surface area contributed by atoms with Crippen LogP contribution in [-0.2, 0) is 0 Å². The van der Waals surface area contributed by atoms with Crippen molar-refractivity contribution in [2.24, 2.45) is 11.5 Å². The monoisotopic (exact) mass is 220 g/mol. The van der Waals surface area contributed by atoms with Crippen molar-refractivity contribution >= 4 is 11.4 Å². The predicted molar refractivity (Wildman–Crippen MR) is 68.4 cm³/mol. The first-order valence-electron chi connectivity index (χ1n) is 5.72. The third-order valence-electron chi connectivity index (χ3n) is 3.42. The molecule has 0 spiro atoms. The van der Waals surface area contributed by atoms with Gasteiger partial charge in [-0.3, -0.25) is 0 Å². The molecule has 1 heterocycles. The van der Waals surface area contributed by atoms with Crippen molar-refractivity contribution in [3.63, 3.8) is 0 Å². The van der Waals surface area contributed by atoms with Crippen LogP contribution in [0.2, 0.25) is 0 Å². The second-order valence-electron chi connectivity index (χ2n) is 4.49. The summed E-state index contributed by atoms with van der Waals surface area (Å²) >= 11 is 0. The van der Waals surface area contributed by atoms with Gasteiger partial charge in [0.25, 0.3) is 0 Å². The van der Waals surface area contributed by atoms with Gasteiger partial charge in [0.05, 0.1) is 6.04 Å². The highest BCUT2D eigenvalue weighted by Crippen LogP contribution is 2.27. The quantitative estimate of drug-likeness (QED) is 0.632. The van der Waals surface area contributed by atoms with Gasteiger partial charge in [0, 0.05) is 30.5 Å². The second-order valence-corrected chi connectivity index (χ2v) is 4.49. The third-order valence-corrected chi connectivity index (χ3v) is 3.42. The first kappa shape index (κ1) is 11.2. The van der Waals surface area contributed by atoms with Gasteiger partial charge in [-0.05, 0) is 37.1 Å². The lowest BCUT2D eigenvalue weighted by Gasteiger charge is -2.28. The van der Waals surface area contributed by atoms with Crippen molar-refractivity contribution in [2.45, 2.75) is 25.4 Å². The van der Waals surface area contributed by atoms with Gasteiger partial charge in [0.15, 0.2) is 0 Å². The van der Waals surface area contributed by atoms with E-state index >= 15 is 0 Å². The van der Waals surface area contributed by atoms with E-state index in [-0.39, 0.29) is 12.1 Å². The van der Waals surface area contributed by atoms with E-state index in [0.717, 1.165) is 24.2 Å². The van der Waals surface area contributed by atoms with Crippen molar-refractivity contribution in [3.05, 3.63) is 23.8 Å². The number of anilines is 2. The van der Waals surface area contributed by atoms with E-state index in [9.17, 15) is 0 Å². The zero-order valence-electron chi connectivity index (χ0n) is 9.69. The number of nitrogens with zero attached hydrogens (tertiary/aromatic N) is 1. The summed E-state index contributed by atoms with van der Waals surface area (Å²) in [5.74, 6) is 0. The SMILES string of the molecule is Cc1cc(N2CCC(N)C2CN)ccc1N. The molecule has 1 aliphatic rings. The highest BCUT2D eigenvalue weighted by molar-refractivity contribution is 5.59. The maximum atomic E-state index is 6.04. The maximum Gasteiger partial charge on any atom is 0.0563 e. The fourth-order valence-electron chi connectivity index (χ4n) is 2.34. The normalized spacial score (nSPS) is 25.1. The van der Waals surface area contributed by atoms with Gasteiger partial charge in [-0.2, -0.15) is 0 Å². The molecule has 1 fully saturated rings. The Balaban J connectivity index is 2.27. The molecule has 16 heavy (non-hydrogen) atoms. The molecular weight excluding hydrogens is 200 g/mol. The molecule has 1 aromatic rings. The fraction of sp³-hybridized carbons (Fsp3) is 0.500. The van der Waals surface area contributed by atoms with Crippen molar-refractivity contribution in [3.8, 4) is 0 Å². The standard InChI is InChI=1S/C12H20N4/c1-8-6-9(2-3-10(8)14)16-5-4-11(15)12(16)7-13/h2-3,6,11-12H,4-5,7,13-15H2,1H3. The highest BCUT2D eigenvalue weighted by Gasteiger charge is 2.30. The van der Waals surface area contributed by atoms with Crippen LogP contribution >= 0.6 is 0 Å². The molecule has 0 aromatic heterocycles. The van der Waals surface area contributed by atoms with Crippen LogP contribution < -0.4 is 22.1 Å². The number of nitrogens with two attached hydrogens (primary N) is 3. The Morgan fingerprint density at radius 1 is 1.44 bits per heavy atom. The Morgan fingerprint density at radius 2 is 2.19 bits per heavy atom. The molecule has 0 amide bonds. The zero-order valence-corrected chi connectivity index (χ0v) is 9.69. The topological polar surface area (TPSA) is 81.3 Å². The summed E-state index contributed by atoms with van der Waals surface area (Å²) in [5.41, 5.74) is 20.7. The summed E-state index contributed by atoms with van der Waals surface area (Å²) in [4.78, 5) is 2.29. The van der Waals surface area contributed by atoms with Crippen LogP contribution in [0.15, 0.2) is 18.2 Å². The molecule has 1 aliphatic heterocycles. The summed E-state index contributed by atoms with van der Waals surface area (Å²) in [6.07, 6.45) is 1.01. The van der Waals surface area contributed by atoms with E-state index in [0.29, 0.717) is 6.54 Å². The van der Waals surface area contributed by atoms with E-state index in [1.54, 1.807) is 0 Å². The van der Waals surface area contributed by atoms with Crippen LogP contribution in [0.25, 0.3) is 0 Å². The van der Waals surface area contributed by atoms with Crippen molar-refractivity contribution in [1.82, 2.24) is 0 Å². The summed E-state index contributed by atoms with van der Waals surface area (Å²) in [5, 5.41) is 0. The number of hydrogen-bond acceptors (Lipinski definition) is 4. The lowest BCUT2D eigenvalue weighted by molar-refractivity contribution is 0.589. The van der Waals surface area contributed by atoms with Crippen LogP contribution in [0.5, 0.6) is 0 Å². The van der Waals surface area contributed by atoms with E-state index < -0.39 is 0 Å². The lowest BCUT2D eigenvalue weighted by atomic mass is 10.1. The molecular formula is C12H20N4. The minimum Gasteiger partial charge on any atom is -0.399 e. The van der Waals surface area contributed by atoms with Gasteiger partial charge in [0.2, 0.25) is 0 Å². The number of rotatable bonds is 2. The zero-order chi connectivity index (χ0) is 11.7. The van der Waals surface area contributed by atoms with Crippen LogP contribution in [0.1, 0.15) is 12.0 Å². The van der Waals surface area contributed by atoms with Crippen LogP contribution in [0.3, 0.4) is 0 Å². The molecule has 2 unspecified atom stereocenters. The molecule has 0 radical (unpaired) electrons. The fourth-order valence-corrected chi connectivity index (χ4v) is 2.34. The smallest absolute Gasteiger partial charge is 0.0563 e. The second kappa shape index (κ2) is 4.31. The average Bonchev–Trinajstić information content (AvgIpc) is 2.63. The van der Waals surface area contributed by atoms with Gasteiger partial charge < -0.3 is 22.1 Å². The van der Waals surface area contributed by atoms with Crippen molar-refractivity contribution < 1.29 is 0 Å². The number of hydrogen-bond donors (Lipinski definition) is 3. The molecule has 1 aromatic carbocycles. The summed E-state index contributed by atoms with van der Waals surface area (Å²) in [6, 6.07) is 6.53. The number of aryl methyl sites for hydroxylation is 1. The maximum absolute atomic E-state index is 6.04. The molecule has 0 saturated carbocycles. The molecule has 4 nitrogen and oxygen atoms in total. The molecule has 6 N–H and O–H groups in total. The van der Waals surface area contributed by atoms with E-state index in [4.69, 9.17) is 17.2 Å². The van der Waals surface area contributed by atoms with Gasteiger partial charge in [-0.15, -0.1) is 0 Å². The minimum absolute atomic E-state index is 0.183. The average molecular weight is 220 g/mol. The molecule has 4 heteroatoms. The lowest BCUT2D eigenvalue weighted by Crippen LogP contribution is -2.44. The summed E-state index contributed by atoms with van der Waals surface area (Å²) < 4.78 is 0. The molecule has 2 rings (SSSR count). The van der Waals surface area contributed by atoms with E-state index in [1.807, 2.05) is 19.1 Å². The predicted octanol–water partition coefficient (Wildman–Crippen LogP) is 0.442. The Kier molecular flexibility index (Phi) is 3.03. The minimum atomic E-state index is 0.183. The van der Waals surface area contributed by atoms with Crippen LogP contribution in [-0.4, -0.2) is 25.2 Å². The third kappa shape index (κ3) is 1.86. The first-order valence-corrected chi connectivity index (χ1v) is 5.72. The Bertz CT molecular complexity index is 377. The Morgan fingerprint density at radius 3 is 2.81 bits per heavy atom. The number of benzene rings is 1. The van der Waals surface area contributed by atoms with Gasteiger partial charge in [-0.1, -0.05) is 0 Å². The first-order chi connectivity index (χ1) is 7.63. The van der Waals surface area contributed by atoms with E-state index in [1.165, 1.54) is 5.69 Å². The largest absolute Gasteiger partial charge is 0.399 e. The van der Waals surface area contributed by atoms with Crippen LogP contribution in [0.4, 0.5) is 11.4 Å². The van der Waals surface area contributed by atoms with E-state index in [2.05, 4.69) is 11.0 Å². The molecule has 1 saturated heterocycles. The molecule has 2 atom stereocenters. The van der Waals surface area contributed by atoms with Crippen molar-refractivity contribution in [1.29, 1.82) is 0 Å². The van der Waals surface area contributed by atoms with Crippen molar-refractivity contribution in [2.75, 3.05) is 23.7 Å². The van der Waals surface area contributed by atoms with Gasteiger partial charge in [-0.25, -0.2) is 0 Å². The molecule has 0 bridgehead atoms.